The fraction of sp³-hybridized carbons (Fsp3) is 0.600. The number of benzene rings is 1. The SMILES string of the molecule is Nc1ccc(CN(CCO)C2CCCCC2)cc1. The van der Waals surface area contributed by atoms with Gasteiger partial charge in [-0.1, -0.05) is 31.4 Å². The predicted octanol–water partition coefficient (Wildman–Crippen LogP) is 2.40. The van der Waals surface area contributed by atoms with Crippen LogP contribution in [0, 0.1) is 0 Å². The number of aliphatic hydroxyl groups is 1. The Hall–Kier alpha value is -1.06. The van der Waals surface area contributed by atoms with E-state index >= 15 is 0 Å². The lowest BCUT2D eigenvalue weighted by Crippen LogP contribution is -2.38. The van der Waals surface area contributed by atoms with Crippen LogP contribution in [-0.2, 0) is 6.54 Å². The molecule has 0 spiro atoms. The zero-order chi connectivity index (χ0) is 12.8. The number of anilines is 1. The van der Waals surface area contributed by atoms with Crippen LogP contribution in [0.5, 0.6) is 0 Å². The first-order valence-electron chi connectivity index (χ1n) is 6.99. The van der Waals surface area contributed by atoms with E-state index in [9.17, 15) is 5.11 Å². The van der Waals surface area contributed by atoms with E-state index in [1.165, 1.54) is 37.7 Å². The normalized spacial score (nSPS) is 17.2. The predicted molar refractivity (Wildman–Crippen MR) is 75.2 cm³/mol. The number of aliphatic hydroxyl groups excluding tert-OH is 1. The number of nitrogen functional groups attached to an aromatic ring is 1. The highest BCUT2D eigenvalue weighted by Crippen LogP contribution is 2.24. The van der Waals surface area contributed by atoms with Crippen LogP contribution in [0.4, 0.5) is 5.69 Å². The van der Waals surface area contributed by atoms with Crippen molar-refractivity contribution in [2.45, 2.75) is 44.7 Å². The van der Waals surface area contributed by atoms with E-state index in [0.29, 0.717) is 6.04 Å². The molecule has 0 saturated heterocycles. The third-order valence-corrected chi connectivity index (χ3v) is 3.84. The molecule has 0 unspecified atom stereocenters. The molecule has 1 aromatic carbocycles. The van der Waals surface area contributed by atoms with E-state index in [-0.39, 0.29) is 6.61 Å². The standard InChI is InChI=1S/C15H24N2O/c16-14-8-6-13(7-9-14)12-17(10-11-18)15-4-2-1-3-5-15/h6-9,15,18H,1-5,10-12,16H2. The Morgan fingerprint density at radius 1 is 1.11 bits per heavy atom. The highest BCUT2D eigenvalue weighted by atomic mass is 16.3. The van der Waals surface area contributed by atoms with Crippen LogP contribution in [0.1, 0.15) is 37.7 Å². The quantitative estimate of drug-likeness (QED) is 0.787. The molecule has 3 heteroatoms. The molecule has 3 nitrogen and oxygen atoms in total. The van der Waals surface area contributed by atoms with Crippen molar-refractivity contribution in [1.82, 2.24) is 4.90 Å². The van der Waals surface area contributed by atoms with Crippen molar-refractivity contribution >= 4 is 5.69 Å². The largest absolute Gasteiger partial charge is 0.399 e. The third kappa shape index (κ3) is 3.72. The topological polar surface area (TPSA) is 49.5 Å². The van der Waals surface area contributed by atoms with Gasteiger partial charge in [0.25, 0.3) is 0 Å². The molecule has 1 aromatic rings. The summed E-state index contributed by atoms with van der Waals surface area (Å²) in [5, 5.41) is 9.23. The first kappa shape index (κ1) is 13.4. The molecule has 1 fully saturated rings. The second kappa shape index (κ2) is 6.76. The van der Waals surface area contributed by atoms with Crippen molar-refractivity contribution in [3.8, 4) is 0 Å². The minimum atomic E-state index is 0.242. The number of nitrogens with two attached hydrogens (primary N) is 1. The van der Waals surface area contributed by atoms with Crippen LogP contribution in [0.3, 0.4) is 0 Å². The van der Waals surface area contributed by atoms with Gasteiger partial charge in [-0.3, -0.25) is 4.90 Å². The lowest BCUT2D eigenvalue weighted by Gasteiger charge is -2.34. The zero-order valence-corrected chi connectivity index (χ0v) is 11.0. The Balaban J connectivity index is 1.98. The van der Waals surface area contributed by atoms with E-state index in [2.05, 4.69) is 17.0 Å². The number of rotatable bonds is 5. The van der Waals surface area contributed by atoms with Gasteiger partial charge in [0.15, 0.2) is 0 Å². The van der Waals surface area contributed by atoms with E-state index in [0.717, 1.165) is 18.8 Å². The van der Waals surface area contributed by atoms with Crippen molar-refractivity contribution in [1.29, 1.82) is 0 Å². The van der Waals surface area contributed by atoms with Gasteiger partial charge in [-0.05, 0) is 30.5 Å². The highest BCUT2D eigenvalue weighted by molar-refractivity contribution is 5.39. The molecule has 18 heavy (non-hydrogen) atoms. The molecule has 100 valence electrons. The van der Waals surface area contributed by atoms with Crippen LogP contribution in [0.25, 0.3) is 0 Å². The van der Waals surface area contributed by atoms with Crippen molar-refractivity contribution in [2.75, 3.05) is 18.9 Å². The molecule has 0 radical (unpaired) electrons. The Morgan fingerprint density at radius 2 is 1.78 bits per heavy atom. The first-order valence-corrected chi connectivity index (χ1v) is 6.99. The van der Waals surface area contributed by atoms with Crippen molar-refractivity contribution in [3.63, 3.8) is 0 Å². The molecule has 0 atom stereocenters. The Labute approximate surface area is 110 Å². The molecule has 1 aliphatic carbocycles. The molecule has 0 aliphatic heterocycles. The maximum absolute atomic E-state index is 9.23. The maximum atomic E-state index is 9.23. The van der Waals surface area contributed by atoms with Crippen LogP contribution in [0.15, 0.2) is 24.3 Å². The Bertz CT molecular complexity index is 344. The Morgan fingerprint density at radius 3 is 2.39 bits per heavy atom. The van der Waals surface area contributed by atoms with Gasteiger partial charge >= 0.3 is 0 Å². The molecule has 1 aliphatic rings. The lowest BCUT2D eigenvalue weighted by atomic mass is 9.94. The smallest absolute Gasteiger partial charge is 0.0558 e. The number of nitrogens with zero attached hydrogens (tertiary/aromatic N) is 1. The molecular weight excluding hydrogens is 224 g/mol. The fourth-order valence-corrected chi connectivity index (χ4v) is 2.82. The number of hydrogen-bond donors (Lipinski definition) is 2. The summed E-state index contributed by atoms with van der Waals surface area (Å²) in [6.45, 7) is 1.94. The van der Waals surface area contributed by atoms with E-state index in [1.807, 2.05) is 12.1 Å². The minimum absolute atomic E-state index is 0.242. The molecule has 2 rings (SSSR count). The average molecular weight is 248 g/mol. The minimum Gasteiger partial charge on any atom is -0.399 e. The Kier molecular flexibility index (Phi) is 5.02. The molecule has 3 N–H and O–H groups in total. The molecule has 0 amide bonds. The van der Waals surface area contributed by atoms with Crippen molar-refractivity contribution in [2.24, 2.45) is 0 Å². The maximum Gasteiger partial charge on any atom is 0.0558 e. The number of hydrogen-bond acceptors (Lipinski definition) is 3. The summed E-state index contributed by atoms with van der Waals surface area (Å²) < 4.78 is 0. The van der Waals surface area contributed by atoms with Crippen molar-refractivity contribution in [3.05, 3.63) is 29.8 Å². The van der Waals surface area contributed by atoms with E-state index < -0.39 is 0 Å². The summed E-state index contributed by atoms with van der Waals surface area (Å²) in [5.74, 6) is 0. The van der Waals surface area contributed by atoms with Crippen LogP contribution < -0.4 is 5.73 Å². The van der Waals surface area contributed by atoms with Gasteiger partial charge < -0.3 is 10.8 Å². The van der Waals surface area contributed by atoms with Gasteiger partial charge in [0.1, 0.15) is 0 Å². The fourth-order valence-electron chi connectivity index (χ4n) is 2.82. The van der Waals surface area contributed by atoms with Gasteiger partial charge in [-0.25, -0.2) is 0 Å². The summed E-state index contributed by atoms with van der Waals surface area (Å²) in [6, 6.07) is 8.72. The monoisotopic (exact) mass is 248 g/mol. The van der Waals surface area contributed by atoms with Gasteiger partial charge in [-0.15, -0.1) is 0 Å². The van der Waals surface area contributed by atoms with Gasteiger partial charge in [0.2, 0.25) is 0 Å². The summed E-state index contributed by atoms with van der Waals surface area (Å²) in [4.78, 5) is 2.42. The molecule has 0 heterocycles. The second-order valence-electron chi connectivity index (χ2n) is 5.23. The van der Waals surface area contributed by atoms with Gasteiger partial charge in [0.05, 0.1) is 6.61 Å². The van der Waals surface area contributed by atoms with Gasteiger partial charge in [-0.2, -0.15) is 0 Å². The zero-order valence-electron chi connectivity index (χ0n) is 11.0. The van der Waals surface area contributed by atoms with Gasteiger partial charge in [0, 0.05) is 24.8 Å². The molecule has 0 aromatic heterocycles. The first-order chi connectivity index (χ1) is 8.79. The van der Waals surface area contributed by atoms with E-state index in [1.54, 1.807) is 0 Å². The summed E-state index contributed by atoms with van der Waals surface area (Å²) in [7, 11) is 0. The van der Waals surface area contributed by atoms with E-state index in [4.69, 9.17) is 5.73 Å². The summed E-state index contributed by atoms with van der Waals surface area (Å²) in [5.41, 5.74) is 7.80. The molecular formula is C15H24N2O. The highest BCUT2D eigenvalue weighted by Gasteiger charge is 2.20. The summed E-state index contributed by atoms with van der Waals surface area (Å²) >= 11 is 0. The lowest BCUT2D eigenvalue weighted by molar-refractivity contribution is 0.117. The average Bonchev–Trinajstić information content (AvgIpc) is 2.42. The molecule has 0 bridgehead atoms. The second-order valence-corrected chi connectivity index (χ2v) is 5.23. The molecule has 1 saturated carbocycles. The van der Waals surface area contributed by atoms with Crippen LogP contribution in [0.2, 0.25) is 0 Å². The summed E-state index contributed by atoms with van der Waals surface area (Å²) in [6.07, 6.45) is 6.57. The van der Waals surface area contributed by atoms with Crippen LogP contribution >= 0.6 is 0 Å². The van der Waals surface area contributed by atoms with Crippen LogP contribution in [-0.4, -0.2) is 29.2 Å². The third-order valence-electron chi connectivity index (χ3n) is 3.84. The van der Waals surface area contributed by atoms with Crippen molar-refractivity contribution < 1.29 is 5.11 Å².